The normalized spacial score (nSPS) is 27.0. The van der Waals surface area contributed by atoms with Crippen LogP contribution >= 0.6 is 0 Å². The number of carbonyl (C=O) groups is 2. The van der Waals surface area contributed by atoms with Gasteiger partial charge in [0.2, 0.25) is 5.91 Å². The van der Waals surface area contributed by atoms with Crippen molar-refractivity contribution in [3.8, 4) is 0 Å². The molecule has 1 aromatic rings. The van der Waals surface area contributed by atoms with E-state index in [0.29, 0.717) is 18.8 Å². The van der Waals surface area contributed by atoms with E-state index in [4.69, 9.17) is 0 Å². The number of nitrogens with one attached hydrogen (secondary N) is 3. The summed E-state index contributed by atoms with van der Waals surface area (Å²) in [6.45, 7) is 0. The molecule has 2 aliphatic carbocycles. The summed E-state index contributed by atoms with van der Waals surface area (Å²) in [6, 6.07) is 6.52. The number of ketones is 1. The Labute approximate surface area is 122 Å². The molecular weight excluding hydrogens is 266 g/mol. The highest BCUT2D eigenvalue weighted by molar-refractivity contribution is 5.93. The summed E-state index contributed by atoms with van der Waals surface area (Å²) in [4.78, 5) is 22.7. The maximum Gasteiger partial charge on any atom is 0.234 e. The molecule has 5 heteroatoms. The molecule has 1 aliphatic heterocycles. The number of hydrogen-bond acceptors (Lipinski definition) is 4. The molecule has 1 fully saturated rings. The number of rotatable bonds is 2. The first-order valence-electron chi connectivity index (χ1n) is 7.37. The van der Waals surface area contributed by atoms with Crippen LogP contribution in [0.5, 0.6) is 0 Å². The van der Waals surface area contributed by atoms with Crippen molar-refractivity contribution in [2.24, 2.45) is 5.92 Å². The van der Waals surface area contributed by atoms with Crippen LogP contribution in [0.25, 0.3) is 0 Å². The zero-order chi connectivity index (χ0) is 14.4. The second-order valence-electron chi connectivity index (χ2n) is 6.01. The van der Waals surface area contributed by atoms with Gasteiger partial charge in [-0.3, -0.25) is 15.0 Å². The number of amides is 1. The summed E-state index contributed by atoms with van der Waals surface area (Å²) >= 11 is 0. The molecule has 5 nitrogen and oxygen atoms in total. The third kappa shape index (κ3) is 2.23. The van der Waals surface area contributed by atoms with Crippen molar-refractivity contribution in [3.63, 3.8) is 0 Å². The first-order chi connectivity index (χ1) is 10.2. The third-order valence-corrected chi connectivity index (χ3v) is 4.53. The molecule has 2 atom stereocenters. The Hall–Kier alpha value is -2.14. The lowest BCUT2D eigenvalue weighted by Crippen LogP contribution is -2.47. The number of hydrogen-bond donors (Lipinski definition) is 3. The molecular formula is C16H17N3O2. The van der Waals surface area contributed by atoms with E-state index in [1.165, 1.54) is 11.1 Å². The molecule has 108 valence electrons. The minimum atomic E-state index is 0.0667. The Kier molecular flexibility index (Phi) is 2.82. The van der Waals surface area contributed by atoms with Crippen LogP contribution < -0.4 is 16.2 Å². The van der Waals surface area contributed by atoms with Crippen molar-refractivity contribution >= 4 is 17.4 Å². The topological polar surface area (TPSA) is 70.2 Å². The zero-order valence-electron chi connectivity index (χ0n) is 11.6. The lowest BCUT2D eigenvalue weighted by molar-refractivity contribution is -0.125. The molecule has 21 heavy (non-hydrogen) atoms. The maximum absolute atomic E-state index is 11.5. The van der Waals surface area contributed by atoms with Crippen molar-refractivity contribution in [3.05, 3.63) is 41.1 Å². The molecule has 1 saturated heterocycles. The highest BCUT2D eigenvalue weighted by Gasteiger charge is 2.37. The summed E-state index contributed by atoms with van der Waals surface area (Å²) < 4.78 is 0. The minimum Gasteiger partial charge on any atom is -0.359 e. The molecule has 3 N–H and O–H groups in total. The zero-order valence-corrected chi connectivity index (χ0v) is 11.6. The molecule has 0 saturated carbocycles. The second-order valence-corrected chi connectivity index (χ2v) is 6.01. The standard InChI is InChI=1S/C16H17N3O2/c20-13-3-1-12(8-13)17-11-2-4-14-9(6-11)5-10-7-15(21)18-19-16(10)14/h2,4,6,8,10,16-17,19H,1,3,5,7H2,(H,18,21). The predicted octanol–water partition coefficient (Wildman–Crippen LogP) is 1.58. The van der Waals surface area contributed by atoms with Crippen molar-refractivity contribution in [1.82, 2.24) is 10.9 Å². The van der Waals surface area contributed by atoms with E-state index >= 15 is 0 Å². The second kappa shape index (κ2) is 4.70. The largest absolute Gasteiger partial charge is 0.359 e. The van der Waals surface area contributed by atoms with Crippen LogP contribution in [-0.4, -0.2) is 11.7 Å². The fraction of sp³-hybridized carbons (Fsp3) is 0.375. The van der Waals surface area contributed by atoms with Crippen LogP contribution in [0.4, 0.5) is 5.69 Å². The summed E-state index contributed by atoms with van der Waals surface area (Å²) in [5.74, 6) is 0.603. The van der Waals surface area contributed by atoms with E-state index in [2.05, 4.69) is 28.3 Å². The number of anilines is 1. The number of fused-ring (bicyclic) bond motifs is 3. The number of carbonyl (C=O) groups excluding carboxylic acids is 2. The smallest absolute Gasteiger partial charge is 0.234 e. The van der Waals surface area contributed by atoms with Crippen LogP contribution in [0.1, 0.15) is 36.4 Å². The van der Waals surface area contributed by atoms with Crippen LogP contribution in [0.3, 0.4) is 0 Å². The Morgan fingerprint density at radius 1 is 1.14 bits per heavy atom. The summed E-state index contributed by atoms with van der Waals surface area (Å²) in [5, 5.41) is 3.33. The Bertz CT molecular complexity index is 665. The molecule has 2 unspecified atom stereocenters. The number of benzene rings is 1. The fourth-order valence-corrected chi connectivity index (χ4v) is 3.53. The van der Waals surface area contributed by atoms with Crippen LogP contribution in [0, 0.1) is 5.92 Å². The molecule has 0 spiro atoms. The Morgan fingerprint density at radius 2 is 2.05 bits per heavy atom. The van der Waals surface area contributed by atoms with Gasteiger partial charge in [0, 0.05) is 30.3 Å². The number of allylic oxidation sites excluding steroid dienone is 2. The molecule has 0 radical (unpaired) electrons. The quantitative estimate of drug-likeness (QED) is 0.771. The minimum absolute atomic E-state index is 0.0667. The van der Waals surface area contributed by atoms with Crippen LogP contribution in [-0.2, 0) is 16.0 Å². The first kappa shape index (κ1) is 12.6. The van der Waals surface area contributed by atoms with Crippen molar-refractivity contribution < 1.29 is 9.59 Å². The van der Waals surface area contributed by atoms with Gasteiger partial charge >= 0.3 is 0 Å². The van der Waals surface area contributed by atoms with E-state index in [9.17, 15) is 9.59 Å². The summed E-state index contributed by atoms with van der Waals surface area (Å²) in [5.41, 5.74) is 10.4. The third-order valence-electron chi connectivity index (χ3n) is 4.53. The first-order valence-corrected chi connectivity index (χ1v) is 7.37. The predicted molar refractivity (Wildman–Crippen MR) is 78.2 cm³/mol. The molecule has 1 aromatic carbocycles. The average molecular weight is 283 g/mol. The average Bonchev–Trinajstić information content (AvgIpc) is 3.01. The Balaban J connectivity index is 1.56. The van der Waals surface area contributed by atoms with Gasteiger partial charge in [0.25, 0.3) is 0 Å². The lowest BCUT2D eigenvalue weighted by atomic mass is 9.96. The number of hydrazine groups is 1. The molecule has 0 bridgehead atoms. The monoisotopic (exact) mass is 283 g/mol. The SMILES string of the molecule is O=C1C=C(Nc2ccc3c(c2)CC2CC(=O)NNC32)CC1. The molecule has 0 aromatic heterocycles. The molecule has 1 amide bonds. The van der Waals surface area contributed by atoms with Crippen molar-refractivity contribution in [2.45, 2.75) is 31.7 Å². The molecule has 1 heterocycles. The van der Waals surface area contributed by atoms with Crippen LogP contribution in [0.15, 0.2) is 30.0 Å². The Morgan fingerprint density at radius 3 is 2.86 bits per heavy atom. The van der Waals surface area contributed by atoms with Crippen molar-refractivity contribution in [1.29, 1.82) is 0 Å². The van der Waals surface area contributed by atoms with E-state index < -0.39 is 0 Å². The van der Waals surface area contributed by atoms with Gasteiger partial charge < -0.3 is 5.32 Å². The molecule has 3 aliphatic rings. The van der Waals surface area contributed by atoms with Crippen LogP contribution in [0.2, 0.25) is 0 Å². The summed E-state index contributed by atoms with van der Waals surface area (Å²) in [6.07, 6.45) is 4.59. The van der Waals surface area contributed by atoms with Gasteiger partial charge in [-0.15, -0.1) is 0 Å². The lowest BCUT2D eigenvalue weighted by Gasteiger charge is -2.27. The van der Waals surface area contributed by atoms with Gasteiger partial charge in [0.05, 0.1) is 6.04 Å². The van der Waals surface area contributed by atoms with Crippen molar-refractivity contribution in [2.75, 3.05) is 5.32 Å². The van der Waals surface area contributed by atoms with Gasteiger partial charge in [-0.25, -0.2) is 5.43 Å². The fourth-order valence-electron chi connectivity index (χ4n) is 3.53. The van der Waals surface area contributed by atoms with Gasteiger partial charge in [0.15, 0.2) is 5.78 Å². The highest BCUT2D eigenvalue weighted by atomic mass is 16.2. The van der Waals surface area contributed by atoms with E-state index in [1.807, 2.05) is 6.07 Å². The van der Waals surface area contributed by atoms with Gasteiger partial charge in [0.1, 0.15) is 0 Å². The van der Waals surface area contributed by atoms with Gasteiger partial charge in [-0.05, 0) is 42.0 Å². The van der Waals surface area contributed by atoms with E-state index in [0.717, 1.165) is 24.2 Å². The highest BCUT2D eigenvalue weighted by Crippen LogP contribution is 2.40. The van der Waals surface area contributed by atoms with E-state index in [-0.39, 0.29) is 17.7 Å². The van der Waals surface area contributed by atoms with E-state index in [1.54, 1.807) is 6.08 Å². The summed E-state index contributed by atoms with van der Waals surface area (Å²) in [7, 11) is 0. The molecule has 4 rings (SSSR count). The maximum atomic E-state index is 11.5. The van der Waals surface area contributed by atoms with Gasteiger partial charge in [-0.2, -0.15) is 0 Å². The van der Waals surface area contributed by atoms with Gasteiger partial charge in [-0.1, -0.05) is 6.07 Å².